The summed E-state index contributed by atoms with van der Waals surface area (Å²) in [5.41, 5.74) is 3.10. The maximum Gasteiger partial charge on any atom is 0.310 e. The molecule has 1 aliphatic rings. The van der Waals surface area contributed by atoms with E-state index in [4.69, 9.17) is 27.9 Å². The number of amides is 1. The minimum atomic E-state index is -0.468. The first-order valence-electron chi connectivity index (χ1n) is 7.97. The van der Waals surface area contributed by atoms with Crippen LogP contribution >= 0.6 is 23.2 Å². The molecule has 6 heteroatoms. The average Bonchev–Trinajstić information content (AvgIpc) is 2.62. The molecule has 0 saturated heterocycles. The van der Waals surface area contributed by atoms with Crippen LogP contribution in [0.2, 0.25) is 10.0 Å². The first-order valence-corrected chi connectivity index (χ1v) is 8.72. The van der Waals surface area contributed by atoms with Crippen molar-refractivity contribution in [1.82, 2.24) is 4.90 Å². The van der Waals surface area contributed by atoms with Gasteiger partial charge in [-0.1, -0.05) is 53.5 Å². The summed E-state index contributed by atoms with van der Waals surface area (Å²) in [6, 6.07) is 13.0. The number of esters is 1. The molecule has 25 heavy (non-hydrogen) atoms. The number of nitrogens with zero attached hydrogens (tertiary/aromatic N) is 1. The average molecular weight is 378 g/mol. The lowest BCUT2D eigenvalue weighted by Crippen LogP contribution is -2.38. The van der Waals surface area contributed by atoms with E-state index in [1.165, 1.54) is 5.56 Å². The Bertz CT molecular complexity index is 807. The second-order valence-electron chi connectivity index (χ2n) is 5.92. The van der Waals surface area contributed by atoms with Crippen LogP contribution in [0.25, 0.3) is 0 Å². The van der Waals surface area contributed by atoms with Crippen LogP contribution in [0.5, 0.6) is 0 Å². The molecule has 3 rings (SSSR count). The summed E-state index contributed by atoms with van der Waals surface area (Å²) in [7, 11) is 0. The third-order valence-corrected chi connectivity index (χ3v) is 4.91. The largest absolute Gasteiger partial charge is 0.455 e. The van der Waals surface area contributed by atoms with E-state index < -0.39 is 5.97 Å². The van der Waals surface area contributed by atoms with Crippen molar-refractivity contribution in [3.8, 4) is 0 Å². The molecule has 2 aromatic rings. The van der Waals surface area contributed by atoms with Crippen molar-refractivity contribution in [3.05, 3.63) is 69.2 Å². The maximum atomic E-state index is 12.3. The van der Waals surface area contributed by atoms with Gasteiger partial charge in [-0.15, -0.1) is 0 Å². The van der Waals surface area contributed by atoms with Crippen molar-refractivity contribution in [1.29, 1.82) is 0 Å². The fourth-order valence-corrected chi connectivity index (χ4v) is 3.13. The predicted octanol–water partition coefficient (Wildman–Crippen LogP) is 3.66. The fraction of sp³-hybridized carbons (Fsp3) is 0.263. The number of hydrogen-bond donors (Lipinski definition) is 0. The molecule has 0 aliphatic carbocycles. The van der Waals surface area contributed by atoms with Crippen molar-refractivity contribution in [3.63, 3.8) is 0 Å². The lowest BCUT2D eigenvalue weighted by molar-refractivity contribution is -0.151. The number of halogens is 2. The molecular formula is C19H17Cl2NO3. The highest BCUT2D eigenvalue weighted by Crippen LogP contribution is 2.23. The maximum absolute atomic E-state index is 12.3. The lowest BCUT2D eigenvalue weighted by atomic mass is 10.00. The Labute approximate surface area is 156 Å². The molecular weight excluding hydrogens is 361 g/mol. The van der Waals surface area contributed by atoms with E-state index >= 15 is 0 Å². The van der Waals surface area contributed by atoms with Gasteiger partial charge in [0.2, 0.25) is 0 Å². The van der Waals surface area contributed by atoms with Crippen LogP contribution < -0.4 is 0 Å². The Morgan fingerprint density at radius 1 is 1.04 bits per heavy atom. The first kappa shape index (κ1) is 17.8. The highest BCUT2D eigenvalue weighted by molar-refractivity contribution is 6.42. The standard InChI is InChI=1S/C19H17Cl2NO3/c20-16-6-5-13(9-17(16)21)10-19(24)25-12-18(23)22-8-7-14-3-1-2-4-15(14)11-22/h1-6,9H,7-8,10-12H2. The quantitative estimate of drug-likeness (QED) is 0.763. The summed E-state index contributed by atoms with van der Waals surface area (Å²) in [5, 5.41) is 0.814. The van der Waals surface area contributed by atoms with Gasteiger partial charge in [0.25, 0.3) is 5.91 Å². The monoisotopic (exact) mass is 377 g/mol. The van der Waals surface area contributed by atoms with Crippen LogP contribution in [0, 0.1) is 0 Å². The number of carbonyl (C=O) groups excluding carboxylic acids is 2. The van der Waals surface area contributed by atoms with Gasteiger partial charge in [-0.2, -0.15) is 0 Å². The summed E-state index contributed by atoms with van der Waals surface area (Å²) in [6.45, 7) is 0.946. The normalized spacial score (nSPS) is 13.3. The van der Waals surface area contributed by atoms with Crippen molar-refractivity contribution in [2.45, 2.75) is 19.4 Å². The summed E-state index contributed by atoms with van der Waals surface area (Å²) in [5.74, 6) is -0.652. The molecule has 0 saturated carbocycles. The van der Waals surface area contributed by atoms with E-state index in [0.717, 1.165) is 12.0 Å². The topological polar surface area (TPSA) is 46.6 Å². The van der Waals surface area contributed by atoms with Gasteiger partial charge in [-0.3, -0.25) is 9.59 Å². The van der Waals surface area contributed by atoms with Crippen LogP contribution in [-0.4, -0.2) is 29.9 Å². The zero-order valence-corrected chi connectivity index (χ0v) is 15.0. The molecule has 0 radical (unpaired) electrons. The third kappa shape index (κ3) is 4.53. The molecule has 0 aromatic heterocycles. The minimum absolute atomic E-state index is 0.0486. The molecule has 1 heterocycles. The van der Waals surface area contributed by atoms with E-state index in [2.05, 4.69) is 6.07 Å². The van der Waals surface area contributed by atoms with E-state index in [1.54, 1.807) is 23.1 Å². The second-order valence-corrected chi connectivity index (χ2v) is 6.73. The van der Waals surface area contributed by atoms with E-state index in [0.29, 0.717) is 28.7 Å². The van der Waals surface area contributed by atoms with Gasteiger partial charge in [0.15, 0.2) is 6.61 Å². The number of fused-ring (bicyclic) bond motifs is 1. The Morgan fingerprint density at radius 3 is 2.56 bits per heavy atom. The van der Waals surface area contributed by atoms with Gasteiger partial charge in [-0.05, 0) is 35.2 Å². The Morgan fingerprint density at radius 2 is 1.80 bits per heavy atom. The van der Waals surface area contributed by atoms with Gasteiger partial charge in [0.05, 0.1) is 16.5 Å². The highest BCUT2D eigenvalue weighted by atomic mass is 35.5. The number of rotatable bonds is 4. The number of hydrogen-bond acceptors (Lipinski definition) is 3. The number of benzene rings is 2. The molecule has 130 valence electrons. The van der Waals surface area contributed by atoms with Crippen LogP contribution in [0.1, 0.15) is 16.7 Å². The molecule has 0 N–H and O–H groups in total. The molecule has 0 fully saturated rings. The van der Waals surface area contributed by atoms with Gasteiger partial charge in [0, 0.05) is 13.1 Å². The zero-order chi connectivity index (χ0) is 17.8. The SMILES string of the molecule is O=C(Cc1ccc(Cl)c(Cl)c1)OCC(=O)N1CCc2ccccc2C1. The van der Waals surface area contributed by atoms with E-state index in [-0.39, 0.29) is 18.9 Å². The van der Waals surface area contributed by atoms with Gasteiger partial charge in [-0.25, -0.2) is 0 Å². The van der Waals surface area contributed by atoms with Crippen LogP contribution in [0.4, 0.5) is 0 Å². The lowest BCUT2D eigenvalue weighted by Gasteiger charge is -2.28. The van der Waals surface area contributed by atoms with Crippen LogP contribution in [-0.2, 0) is 33.7 Å². The highest BCUT2D eigenvalue weighted by Gasteiger charge is 2.21. The van der Waals surface area contributed by atoms with E-state index in [9.17, 15) is 9.59 Å². The second kappa shape index (κ2) is 7.89. The van der Waals surface area contributed by atoms with Crippen LogP contribution in [0.15, 0.2) is 42.5 Å². The molecule has 2 aromatic carbocycles. The van der Waals surface area contributed by atoms with Crippen molar-refractivity contribution < 1.29 is 14.3 Å². The molecule has 1 aliphatic heterocycles. The van der Waals surface area contributed by atoms with E-state index in [1.807, 2.05) is 18.2 Å². The summed E-state index contributed by atoms with van der Waals surface area (Å²) >= 11 is 11.8. The Kier molecular flexibility index (Phi) is 5.61. The minimum Gasteiger partial charge on any atom is -0.455 e. The smallest absolute Gasteiger partial charge is 0.310 e. The molecule has 1 amide bonds. The van der Waals surface area contributed by atoms with Crippen molar-refractivity contribution >= 4 is 35.1 Å². The molecule has 0 unspecified atom stereocenters. The van der Waals surface area contributed by atoms with Gasteiger partial charge >= 0.3 is 5.97 Å². The molecule has 0 bridgehead atoms. The molecule has 0 spiro atoms. The Hall–Kier alpha value is -2.04. The third-order valence-electron chi connectivity index (χ3n) is 4.17. The summed E-state index contributed by atoms with van der Waals surface area (Å²) < 4.78 is 5.11. The Balaban J connectivity index is 1.50. The van der Waals surface area contributed by atoms with Gasteiger partial charge in [0.1, 0.15) is 0 Å². The zero-order valence-electron chi connectivity index (χ0n) is 13.5. The summed E-state index contributed by atoms with van der Waals surface area (Å²) in [4.78, 5) is 25.9. The fourth-order valence-electron chi connectivity index (χ4n) is 2.81. The van der Waals surface area contributed by atoms with Gasteiger partial charge < -0.3 is 9.64 Å². The predicted molar refractivity (Wildman–Crippen MR) is 96.7 cm³/mol. The summed E-state index contributed by atoms with van der Waals surface area (Å²) in [6.07, 6.45) is 0.867. The van der Waals surface area contributed by atoms with Crippen LogP contribution in [0.3, 0.4) is 0 Å². The van der Waals surface area contributed by atoms with Crippen molar-refractivity contribution in [2.24, 2.45) is 0 Å². The number of ether oxygens (including phenoxy) is 1. The first-order chi connectivity index (χ1) is 12.0. The number of carbonyl (C=O) groups is 2. The molecule has 4 nitrogen and oxygen atoms in total. The van der Waals surface area contributed by atoms with Crippen molar-refractivity contribution in [2.75, 3.05) is 13.2 Å². The molecule has 0 atom stereocenters.